The van der Waals surface area contributed by atoms with Gasteiger partial charge in [-0.3, -0.25) is 4.79 Å². The van der Waals surface area contributed by atoms with Crippen LogP contribution >= 0.6 is 11.3 Å². The highest BCUT2D eigenvalue weighted by atomic mass is 32.1. The van der Waals surface area contributed by atoms with Gasteiger partial charge in [0.25, 0.3) is 5.56 Å². The Labute approximate surface area is 139 Å². The van der Waals surface area contributed by atoms with Crippen LogP contribution in [0.2, 0.25) is 0 Å². The summed E-state index contributed by atoms with van der Waals surface area (Å²) in [5.41, 5.74) is 0.836. The predicted octanol–water partition coefficient (Wildman–Crippen LogP) is 2.86. The number of aromatic hydroxyl groups is 2. The molecule has 2 aromatic carbocycles. The largest absolute Gasteiger partial charge is 0.504 e. The van der Waals surface area contributed by atoms with Gasteiger partial charge < -0.3 is 10.2 Å². The van der Waals surface area contributed by atoms with Crippen molar-refractivity contribution in [1.82, 2.24) is 9.38 Å². The molecule has 0 aliphatic rings. The maximum atomic E-state index is 12.8. The van der Waals surface area contributed by atoms with E-state index in [1.165, 1.54) is 27.9 Å². The average molecular weight is 335 g/mol. The van der Waals surface area contributed by atoms with Gasteiger partial charge in [-0.15, -0.1) is 0 Å². The van der Waals surface area contributed by atoms with Crippen molar-refractivity contribution in [3.8, 4) is 28.8 Å². The molecule has 4 rings (SSSR count). The first-order chi connectivity index (χ1) is 11.6. The molecule has 0 aliphatic heterocycles. The number of phenolic OH excluding ortho intramolecular Hbond substituents is 2. The normalized spacial score (nSPS) is 11.0. The van der Waals surface area contributed by atoms with Crippen molar-refractivity contribution in [2.45, 2.75) is 0 Å². The van der Waals surface area contributed by atoms with Gasteiger partial charge in [-0.25, -0.2) is 9.38 Å². The van der Waals surface area contributed by atoms with E-state index in [9.17, 15) is 20.3 Å². The van der Waals surface area contributed by atoms with Gasteiger partial charge in [-0.1, -0.05) is 41.7 Å². The van der Waals surface area contributed by atoms with Gasteiger partial charge in [0, 0.05) is 17.7 Å². The molecular formula is C17H9N3O3S. The summed E-state index contributed by atoms with van der Waals surface area (Å²) in [7, 11) is 0. The van der Waals surface area contributed by atoms with Crippen molar-refractivity contribution in [3.05, 3.63) is 58.4 Å². The number of benzene rings is 2. The second kappa shape index (κ2) is 5.08. The molecule has 0 radical (unpaired) electrons. The van der Waals surface area contributed by atoms with Crippen molar-refractivity contribution in [2.24, 2.45) is 0 Å². The highest BCUT2D eigenvalue weighted by Gasteiger charge is 2.18. The van der Waals surface area contributed by atoms with Crippen LogP contribution in [0, 0.1) is 11.3 Å². The van der Waals surface area contributed by atoms with Crippen LogP contribution in [0.25, 0.3) is 26.4 Å². The summed E-state index contributed by atoms with van der Waals surface area (Å²) in [5.74, 6) is -0.606. The summed E-state index contributed by atoms with van der Waals surface area (Å²) >= 11 is 1.20. The summed E-state index contributed by atoms with van der Waals surface area (Å²) in [6.45, 7) is 0. The SMILES string of the molecule is N#Cc1c(-c2ccccc2)nc2sc3cc(O)c(O)cc3n2c1=O. The summed E-state index contributed by atoms with van der Waals surface area (Å²) in [5, 5.41) is 28.8. The van der Waals surface area contributed by atoms with Crippen molar-refractivity contribution in [2.75, 3.05) is 0 Å². The Hall–Kier alpha value is -3.37. The molecule has 24 heavy (non-hydrogen) atoms. The van der Waals surface area contributed by atoms with Crippen molar-refractivity contribution in [3.63, 3.8) is 0 Å². The number of nitriles is 1. The highest BCUT2D eigenvalue weighted by molar-refractivity contribution is 7.23. The second-order valence-corrected chi connectivity index (χ2v) is 6.16. The zero-order valence-electron chi connectivity index (χ0n) is 12.1. The van der Waals surface area contributed by atoms with Crippen molar-refractivity contribution in [1.29, 1.82) is 5.26 Å². The zero-order valence-corrected chi connectivity index (χ0v) is 12.9. The Bertz CT molecular complexity index is 1200. The topological polar surface area (TPSA) is 98.6 Å². The van der Waals surface area contributed by atoms with Gasteiger partial charge in [-0.05, 0) is 0 Å². The molecule has 0 saturated carbocycles. The van der Waals surface area contributed by atoms with Crippen molar-refractivity contribution >= 4 is 26.5 Å². The van der Waals surface area contributed by atoms with Crippen molar-refractivity contribution < 1.29 is 10.2 Å². The molecule has 0 spiro atoms. The lowest BCUT2D eigenvalue weighted by Crippen LogP contribution is -2.18. The van der Waals surface area contributed by atoms with Gasteiger partial charge in [0.2, 0.25) is 0 Å². The fourth-order valence-electron chi connectivity index (χ4n) is 2.59. The molecule has 0 bridgehead atoms. The van der Waals surface area contributed by atoms with Gasteiger partial charge in [0.15, 0.2) is 16.5 Å². The lowest BCUT2D eigenvalue weighted by atomic mass is 10.1. The number of aromatic nitrogens is 2. The number of hydrogen-bond acceptors (Lipinski definition) is 6. The summed E-state index contributed by atoms with van der Waals surface area (Å²) in [6.07, 6.45) is 0. The molecule has 7 heteroatoms. The maximum absolute atomic E-state index is 12.8. The minimum atomic E-state index is -0.502. The second-order valence-electron chi connectivity index (χ2n) is 5.15. The lowest BCUT2D eigenvalue weighted by molar-refractivity contribution is 0.405. The molecule has 4 aromatic rings. The molecule has 2 N–H and O–H groups in total. The molecule has 0 fully saturated rings. The number of rotatable bonds is 1. The zero-order chi connectivity index (χ0) is 16.8. The van der Waals surface area contributed by atoms with Crippen LogP contribution in [0.4, 0.5) is 0 Å². The van der Waals surface area contributed by atoms with E-state index in [1.54, 1.807) is 24.3 Å². The summed E-state index contributed by atoms with van der Waals surface area (Å²) < 4.78 is 1.87. The van der Waals surface area contributed by atoms with E-state index in [1.807, 2.05) is 12.1 Å². The smallest absolute Gasteiger partial charge is 0.277 e. The molecule has 0 saturated heterocycles. The van der Waals surface area contributed by atoms with E-state index >= 15 is 0 Å². The van der Waals surface area contributed by atoms with Gasteiger partial charge in [0.1, 0.15) is 11.6 Å². The fourth-order valence-corrected chi connectivity index (χ4v) is 3.62. The molecule has 2 heterocycles. The molecule has 0 aliphatic carbocycles. The summed E-state index contributed by atoms with van der Waals surface area (Å²) in [6, 6.07) is 13.6. The lowest BCUT2D eigenvalue weighted by Gasteiger charge is -2.04. The Morgan fingerprint density at radius 3 is 2.54 bits per heavy atom. The van der Waals surface area contributed by atoms with Gasteiger partial charge in [-0.2, -0.15) is 5.26 Å². The Morgan fingerprint density at radius 1 is 1.12 bits per heavy atom. The van der Waals surface area contributed by atoms with Crippen LogP contribution in [-0.4, -0.2) is 19.6 Å². The highest BCUT2D eigenvalue weighted by Crippen LogP contribution is 2.34. The quantitative estimate of drug-likeness (QED) is 0.521. The molecule has 0 atom stereocenters. The molecule has 0 unspecified atom stereocenters. The third-order valence-corrected chi connectivity index (χ3v) is 4.71. The summed E-state index contributed by atoms with van der Waals surface area (Å²) in [4.78, 5) is 17.6. The van der Waals surface area contributed by atoms with E-state index in [0.29, 0.717) is 26.4 Å². The first-order valence-electron chi connectivity index (χ1n) is 6.97. The first kappa shape index (κ1) is 14.2. The van der Waals surface area contributed by atoms with Gasteiger partial charge in [0.05, 0.1) is 15.9 Å². The van der Waals surface area contributed by atoms with E-state index < -0.39 is 5.56 Å². The molecule has 6 nitrogen and oxygen atoms in total. The number of phenols is 2. The Balaban J connectivity index is 2.17. The minimum Gasteiger partial charge on any atom is -0.504 e. The van der Waals surface area contributed by atoms with Crippen LogP contribution in [-0.2, 0) is 0 Å². The van der Waals surface area contributed by atoms with Crippen LogP contribution in [0.15, 0.2) is 47.3 Å². The maximum Gasteiger partial charge on any atom is 0.277 e. The van der Waals surface area contributed by atoms with E-state index in [-0.39, 0.29) is 17.1 Å². The third kappa shape index (κ3) is 1.94. The molecule has 116 valence electrons. The Morgan fingerprint density at radius 2 is 1.83 bits per heavy atom. The standard InChI is InChI=1S/C17H9N3O3S/c18-8-10-15(9-4-2-1-3-5-9)19-17-20(16(10)23)11-6-12(21)13(22)7-14(11)24-17/h1-7,21-22H. The Kier molecular flexibility index (Phi) is 3.01. The van der Waals surface area contributed by atoms with E-state index in [0.717, 1.165) is 0 Å². The minimum absolute atomic E-state index is 0.0639. The van der Waals surface area contributed by atoms with Gasteiger partial charge >= 0.3 is 0 Å². The van der Waals surface area contributed by atoms with Crippen LogP contribution in [0.3, 0.4) is 0 Å². The van der Waals surface area contributed by atoms with Crippen LogP contribution < -0.4 is 5.56 Å². The average Bonchev–Trinajstić information content (AvgIpc) is 2.93. The first-order valence-corrected chi connectivity index (χ1v) is 7.78. The number of nitrogens with zero attached hydrogens (tertiary/aromatic N) is 3. The third-order valence-electron chi connectivity index (χ3n) is 3.71. The molecule has 0 amide bonds. The number of hydrogen-bond donors (Lipinski definition) is 2. The molecular weight excluding hydrogens is 326 g/mol. The van der Waals surface area contributed by atoms with Crippen LogP contribution in [0.5, 0.6) is 11.5 Å². The van der Waals surface area contributed by atoms with E-state index in [4.69, 9.17) is 0 Å². The monoisotopic (exact) mass is 335 g/mol. The molecule has 2 aromatic heterocycles. The number of thiazole rings is 1. The number of fused-ring (bicyclic) bond motifs is 3. The fraction of sp³-hybridized carbons (Fsp3) is 0. The van der Waals surface area contributed by atoms with Crippen LogP contribution in [0.1, 0.15) is 5.56 Å². The predicted molar refractivity (Wildman–Crippen MR) is 90.3 cm³/mol. The van der Waals surface area contributed by atoms with E-state index in [2.05, 4.69) is 4.98 Å².